The van der Waals surface area contributed by atoms with Crippen molar-refractivity contribution in [1.29, 1.82) is 0 Å². The van der Waals surface area contributed by atoms with Gasteiger partial charge in [0.25, 0.3) is 0 Å². The van der Waals surface area contributed by atoms with Gasteiger partial charge in [-0.15, -0.1) is 0 Å². The molecule has 0 unspecified atom stereocenters. The summed E-state index contributed by atoms with van der Waals surface area (Å²) in [5.41, 5.74) is 4.38. The van der Waals surface area contributed by atoms with E-state index in [0.717, 1.165) is 29.8 Å². The number of Topliss-reactive ketones (excluding diaryl/α,β-unsaturated/α-hetero) is 1. The Labute approximate surface area is 90.9 Å². The number of anilines is 1. The molecular formula is C13H17NO. The van der Waals surface area contributed by atoms with Gasteiger partial charge in [-0.1, -0.05) is 12.1 Å². The number of fused-ring (bicyclic) bond motifs is 1. The number of carbonyl (C=O) groups is 1. The average Bonchev–Trinajstić information content (AvgIpc) is 2.33. The van der Waals surface area contributed by atoms with Crippen molar-refractivity contribution in [2.45, 2.75) is 26.7 Å². The summed E-state index contributed by atoms with van der Waals surface area (Å²) in [5.74, 6) is 0.301. The van der Waals surface area contributed by atoms with Crippen LogP contribution in [0.15, 0.2) is 12.1 Å². The van der Waals surface area contributed by atoms with Crippen LogP contribution in [0.5, 0.6) is 0 Å². The lowest BCUT2D eigenvalue weighted by atomic mass is 9.97. The fraction of sp³-hybridized carbons (Fsp3) is 0.462. The van der Waals surface area contributed by atoms with Crippen molar-refractivity contribution < 1.29 is 4.79 Å². The Morgan fingerprint density at radius 3 is 2.60 bits per heavy atom. The van der Waals surface area contributed by atoms with E-state index in [0.29, 0.717) is 12.2 Å². The molecule has 0 saturated heterocycles. The Morgan fingerprint density at radius 1 is 1.20 bits per heavy atom. The minimum absolute atomic E-state index is 0.301. The van der Waals surface area contributed by atoms with Crippen molar-refractivity contribution in [3.63, 3.8) is 0 Å². The standard InChI is InChI=1S/C13H17NO/c1-9-6-7-10(2)13-12(9)11(15)5-4-8-14(13)3/h6-7H,4-5,8H2,1-3H3. The summed E-state index contributed by atoms with van der Waals surface area (Å²) in [6.45, 7) is 5.08. The molecule has 0 saturated carbocycles. The van der Waals surface area contributed by atoms with E-state index in [1.807, 2.05) is 13.0 Å². The highest BCUT2D eigenvalue weighted by atomic mass is 16.1. The molecule has 0 bridgehead atoms. The van der Waals surface area contributed by atoms with Gasteiger partial charge >= 0.3 is 0 Å². The van der Waals surface area contributed by atoms with Crippen LogP contribution < -0.4 is 4.90 Å². The first kappa shape index (κ1) is 10.2. The first-order chi connectivity index (χ1) is 7.11. The summed E-state index contributed by atoms with van der Waals surface area (Å²) in [5, 5.41) is 0. The highest BCUT2D eigenvalue weighted by molar-refractivity contribution is 6.03. The Hall–Kier alpha value is -1.31. The largest absolute Gasteiger partial charge is 0.374 e. The normalized spacial score (nSPS) is 16.2. The first-order valence-electron chi connectivity index (χ1n) is 5.46. The topological polar surface area (TPSA) is 20.3 Å². The maximum atomic E-state index is 12.0. The van der Waals surface area contributed by atoms with Crippen molar-refractivity contribution >= 4 is 11.5 Å². The lowest BCUT2D eigenvalue weighted by molar-refractivity contribution is 0.0983. The molecule has 1 aliphatic rings. The molecule has 80 valence electrons. The summed E-state index contributed by atoms with van der Waals surface area (Å²) < 4.78 is 0. The zero-order chi connectivity index (χ0) is 11.0. The van der Waals surface area contributed by atoms with Gasteiger partial charge in [-0.2, -0.15) is 0 Å². The van der Waals surface area contributed by atoms with Crippen molar-refractivity contribution in [1.82, 2.24) is 0 Å². The van der Waals surface area contributed by atoms with Gasteiger partial charge in [0.2, 0.25) is 0 Å². The summed E-state index contributed by atoms with van der Waals surface area (Å²) in [6, 6.07) is 4.15. The van der Waals surface area contributed by atoms with Crippen LogP contribution in [0.4, 0.5) is 5.69 Å². The average molecular weight is 203 g/mol. The summed E-state index contributed by atoms with van der Waals surface area (Å²) in [4.78, 5) is 14.2. The van der Waals surface area contributed by atoms with E-state index < -0.39 is 0 Å². The monoisotopic (exact) mass is 203 g/mol. The van der Waals surface area contributed by atoms with Crippen LogP contribution in [-0.2, 0) is 0 Å². The van der Waals surface area contributed by atoms with Gasteiger partial charge in [0.1, 0.15) is 0 Å². The Kier molecular flexibility index (Phi) is 2.51. The molecule has 0 spiro atoms. The highest BCUT2D eigenvalue weighted by Crippen LogP contribution is 2.31. The SMILES string of the molecule is Cc1ccc(C)c2c1C(=O)CCCN2C. The maximum Gasteiger partial charge on any atom is 0.165 e. The van der Waals surface area contributed by atoms with Gasteiger partial charge in [0, 0.05) is 25.6 Å². The van der Waals surface area contributed by atoms with E-state index in [9.17, 15) is 4.79 Å². The minimum Gasteiger partial charge on any atom is -0.374 e. The molecule has 0 fully saturated rings. The molecule has 15 heavy (non-hydrogen) atoms. The summed E-state index contributed by atoms with van der Waals surface area (Å²) in [6.07, 6.45) is 1.64. The van der Waals surface area contributed by atoms with Crippen LogP contribution in [0, 0.1) is 13.8 Å². The molecule has 1 aromatic carbocycles. The Morgan fingerprint density at radius 2 is 1.87 bits per heavy atom. The second-order valence-electron chi connectivity index (χ2n) is 4.37. The van der Waals surface area contributed by atoms with Gasteiger partial charge in [0.05, 0.1) is 5.69 Å². The van der Waals surface area contributed by atoms with Gasteiger partial charge < -0.3 is 4.90 Å². The van der Waals surface area contributed by atoms with Crippen LogP contribution in [-0.4, -0.2) is 19.4 Å². The predicted molar refractivity (Wildman–Crippen MR) is 62.8 cm³/mol. The molecule has 0 aromatic heterocycles. The van der Waals surface area contributed by atoms with Gasteiger partial charge in [-0.05, 0) is 31.4 Å². The van der Waals surface area contributed by atoms with Crippen molar-refractivity contribution in [3.05, 3.63) is 28.8 Å². The van der Waals surface area contributed by atoms with E-state index in [-0.39, 0.29) is 0 Å². The smallest absolute Gasteiger partial charge is 0.165 e. The van der Waals surface area contributed by atoms with Gasteiger partial charge in [0.15, 0.2) is 5.78 Å². The minimum atomic E-state index is 0.301. The van der Waals surface area contributed by atoms with Crippen LogP contribution in [0.1, 0.15) is 34.3 Å². The van der Waals surface area contributed by atoms with Crippen LogP contribution in [0.3, 0.4) is 0 Å². The fourth-order valence-corrected chi connectivity index (χ4v) is 2.35. The van der Waals surface area contributed by atoms with Crippen molar-refractivity contribution in [2.24, 2.45) is 0 Å². The molecule has 0 atom stereocenters. The zero-order valence-electron chi connectivity index (χ0n) is 9.63. The van der Waals surface area contributed by atoms with Gasteiger partial charge in [-0.25, -0.2) is 0 Å². The first-order valence-corrected chi connectivity index (χ1v) is 5.46. The molecular weight excluding hydrogens is 186 g/mol. The van der Waals surface area contributed by atoms with Gasteiger partial charge in [-0.3, -0.25) is 4.79 Å². The number of aryl methyl sites for hydroxylation is 2. The van der Waals surface area contributed by atoms with Crippen LogP contribution in [0.2, 0.25) is 0 Å². The van der Waals surface area contributed by atoms with E-state index in [2.05, 4.69) is 24.9 Å². The highest BCUT2D eigenvalue weighted by Gasteiger charge is 2.21. The predicted octanol–water partition coefficient (Wildman–Crippen LogP) is 2.72. The number of nitrogens with zero attached hydrogens (tertiary/aromatic N) is 1. The summed E-state index contributed by atoms with van der Waals surface area (Å²) in [7, 11) is 2.07. The molecule has 2 rings (SSSR count). The fourth-order valence-electron chi connectivity index (χ4n) is 2.35. The Bertz CT molecular complexity index is 409. The van der Waals surface area contributed by atoms with E-state index in [1.54, 1.807) is 0 Å². The third-order valence-electron chi connectivity index (χ3n) is 3.15. The number of hydrogen-bond acceptors (Lipinski definition) is 2. The molecule has 2 heteroatoms. The number of benzene rings is 1. The van der Waals surface area contributed by atoms with Crippen LogP contribution in [0.25, 0.3) is 0 Å². The molecule has 1 aromatic rings. The zero-order valence-corrected chi connectivity index (χ0v) is 9.63. The number of rotatable bonds is 0. The number of ketones is 1. The lowest BCUT2D eigenvalue weighted by Gasteiger charge is -2.22. The van der Waals surface area contributed by atoms with Crippen molar-refractivity contribution in [2.75, 3.05) is 18.5 Å². The number of hydrogen-bond donors (Lipinski definition) is 0. The lowest BCUT2D eigenvalue weighted by Crippen LogP contribution is -2.19. The quantitative estimate of drug-likeness (QED) is 0.646. The Balaban J connectivity index is 2.68. The van der Waals surface area contributed by atoms with E-state index in [4.69, 9.17) is 0 Å². The summed E-state index contributed by atoms with van der Waals surface area (Å²) >= 11 is 0. The maximum absolute atomic E-state index is 12.0. The van der Waals surface area contributed by atoms with Crippen LogP contribution >= 0.6 is 0 Å². The molecule has 0 radical (unpaired) electrons. The second kappa shape index (κ2) is 3.69. The number of carbonyl (C=O) groups excluding carboxylic acids is 1. The third-order valence-corrected chi connectivity index (χ3v) is 3.15. The molecule has 2 nitrogen and oxygen atoms in total. The van der Waals surface area contributed by atoms with Crippen molar-refractivity contribution in [3.8, 4) is 0 Å². The van der Waals surface area contributed by atoms with E-state index in [1.165, 1.54) is 5.56 Å². The second-order valence-corrected chi connectivity index (χ2v) is 4.37. The van der Waals surface area contributed by atoms with E-state index >= 15 is 0 Å². The molecule has 1 heterocycles. The molecule has 0 aliphatic carbocycles. The molecule has 1 aliphatic heterocycles. The molecule has 0 N–H and O–H groups in total. The molecule has 0 amide bonds. The third kappa shape index (κ3) is 1.65.